The number of hydrogen-bond donors (Lipinski definition) is 35. The van der Waals surface area contributed by atoms with Gasteiger partial charge in [-0.3, -0.25) is 28.8 Å². The number of aliphatic hydroxyl groups excluding tert-OH is 29. The van der Waals surface area contributed by atoms with Crippen molar-refractivity contribution in [2.75, 3.05) is 72.7 Å². The van der Waals surface area contributed by atoms with Crippen LogP contribution in [0.15, 0.2) is 0 Å². The zero-order valence-electron chi connectivity index (χ0n) is 75.5. The van der Waals surface area contributed by atoms with Crippen molar-refractivity contribution >= 4 is 35.4 Å². The Bertz CT molecular complexity index is 3920. The molecule has 62 nitrogen and oxygen atoms in total. The van der Waals surface area contributed by atoms with Crippen LogP contribution < -0.4 is 31.9 Å². The highest BCUT2D eigenvalue weighted by Crippen LogP contribution is 2.43. The van der Waals surface area contributed by atoms with E-state index < -0.39 is 446 Å². The van der Waals surface area contributed by atoms with E-state index in [0.29, 0.717) is 0 Å². The van der Waals surface area contributed by atoms with Crippen molar-refractivity contribution < 1.29 is 276 Å². The lowest BCUT2D eigenvalue weighted by Crippen LogP contribution is -2.72. The normalized spacial score (nSPS) is 48.1. The van der Waals surface area contributed by atoms with E-state index in [-0.39, 0.29) is 0 Å². The standard InChI is InChI=1S/C78H130N6O56/c1-18(95)79-35-48(108)59(29(12-90)121-68(35)119)132-71-38(82-21(4)98)50(110)62(32(15-93)127-71)136-76-58(118)65(64(137-69-36(80-19(2)96)46(106)41(101)24(7-85)122-69)34(131-76)17-120-77-66(54(114)45(105)28(11-89)126-77)139-70-37(81-20(3)97)47(107)42(102)25(8-86)123-70)138-78-67(140-73-40(84-23(6)100)51(111)61(31(14-92)129-73)135-75-56(116)53(113)44(104)27(10-88)125-75)57(117)63(33(16-94)130-78)133-72-39(83-22(5)99)49(109)60(30(13-91)128-72)134-74-55(115)52(112)43(103)26(9-87)124-74/h24-78,85-94,101-119H,7-17H2,1-6H3,(H,79,95)(H,80,96)(H,81,97)(H,82,98)(H,83,99)(H,84,100)/t24-,25-,26-,27-,28-,29-,30-,31-,32-,33-,34-,35-,36+,37-,38-,39-,40-,41-,42-,43+,44+,45-,46-,47-,48-,49-,50-,51-,52+,53+,54+,55-,56-,57+,58+,59-,60-,61-,62-,63-,64-,65-,66+,67+,68?,69+,70+,71+,72+,73+,74+,75+,76+,77+,78-/m1/s1. The second kappa shape index (κ2) is 50.7. The van der Waals surface area contributed by atoms with Crippen LogP contribution in [0, 0.1) is 0 Å². The maximum absolute atomic E-state index is 13.7. The van der Waals surface area contributed by atoms with Gasteiger partial charge in [0.15, 0.2) is 69.2 Å². The average Bonchev–Trinajstić information content (AvgIpc) is 0.746. The summed E-state index contributed by atoms with van der Waals surface area (Å²) in [5, 5.41) is 344. The second-order valence-corrected chi connectivity index (χ2v) is 35.2. The minimum Gasteiger partial charge on any atom is -0.394 e. The molecule has 11 rings (SSSR count). The van der Waals surface area contributed by atoms with E-state index in [0.717, 1.165) is 41.5 Å². The number of ether oxygens (including phenoxy) is 21. The summed E-state index contributed by atoms with van der Waals surface area (Å²) in [6.45, 7) is -8.11. The van der Waals surface area contributed by atoms with Crippen LogP contribution >= 0.6 is 0 Å². The number of nitrogens with one attached hydrogen (secondary N) is 6. The van der Waals surface area contributed by atoms with Gasteiger partial charge in [-0.1, -0.05) is 0 Å². The Kier molecular flexibility index (Phi) is 41.7. The summed E-state index contributed by atoms with van der Waals surface area (Å²) in [7, 11) is 0. The molecule has 11 aliphatic rings. The fraction of sp³-hybridized carbons (Fsp3) is 0.923. The van der Waals surface area contributed by atoms with Crippen LogP contribution in [-0.2, 0) is 128 Å². The molecule has 0 bridgehead atoms. The molecule has 140 heavy (non-hydrogen) atoms. The van der Waals surface area contributed by atoms with E-state index in [4.69, 9.17) is 99.5 Å². The zero-order chi connectivity index (χ0) is 103. The van der Waals surface area contributed by atoms with Gasteiger partial charge < -0.3 is 279 Å². The Labute approximate surface area is 792 Å². The maximum Gasteiger partial charge on any atom is 0.217 e. The van der Waals surface area contributed by atoms with Crippen molar-refractivity contribution in [2.45, 2.75) is 379 Å². The van der Waals surface area contributed by atoms with E-state index in [1.807, 2.05) is 0 Å². The van der Waals surface area contributed by atoms with Crippen molar-refractivity contribution in [3.8, 4) is 0 Å². The molecule has 0 aromatic carbocycles. The number of carbonyl (C=O) groups excluding carboxylic acids is 6. The molecule has 0 aromatic rings. The van der Waals surface area contributed by atoms with Crippen LogP contribution in [0.1, 0.15) is 41.5 Å². The van der Waals surface area contributed by atoms with Gasteiger partial charge in [-0.15, -0.1) is 0 Å². The molecule has 6 amide bonds. The highest BCUT2D eigenvalue weighted by molar-refractivity contribution is 5.75. The summed E-state index contributed by atoms with van der Waals surface area (Å²) in [5.41, 5.74) is 0. The molecule has 11 heterocycles. The highest BCUT2D eigenvalue weighted by atomic mass is 16.8. The van der Waals surface area contributed by atoms with Crippen molar-refractivity contribution in [1.82, 2.24) is 31.9 Å². The fourth-order valence-electron chi connectivity index (χ4n) is 18.2. The smallest absolute Gasteiger partial charge is 0.217 e. The molecule has 62 heteroatoms. The van der Waals surface area contributed by atoms with Gasteiger partial charge in [0.1, 0.15) is 268 Å². The molecular weight excluding hydrogens is 1920 g/mol. The van der Waals surface area contributed by atoms with Crippen molar-refractivity contribution in [3.05, 3.63) is 0 Å². The molecule has 0 aromatic heterocycles. The van der Waals surface area contributed by atoms with Gasteiger partial charge in [0, 0.05) is 41.5 Å². The van der Waals surface area contributed by atoms with Crippen LogP contribution in [-0.4, -0.2) is 594 Å². The first-order valence-corrected chi connectivity index (χ1v) is 44.6. The monoisotopic (exact) mass is 2050 g/mol. The lowest BCUT2D eigenvalue weighted by molar-refractivity contribution is -0.414. The molecule has 35 N–H and O–H groups in total. The molecule has 0 saturated carbocycles. The van der Waals surface area contributed by atoms with E-state index >= 15 is 0 Å². The maximum atomic E-state index is 13.7. The molecular formula is C78H130N6O56. The van der Waals surface area contributed by atoms with Crippen LogP contribution in [0.4, 0.5) is 0 Å². The largest absolute Gasteiger partial charge is 0.394 e. The van der Waals surface area contributed by atoms with E-state index in [9.17, 15) is 177 Å². The Morgan fingerprint density at radius 1 is 0.186 bits per heavy atom. The van der Waals surface area contributed by atoms with E-state index in [1.165, 1.54) is 0 Å². The molecule has 808 valence electrons. The molecule has 1 unspecified atom stereocenters. The van der Waals surface area contributed by atoms with Gasteiger partial charge >= 0.3 is 0 Å². The fourth-order valence-corrected chi connectivity index (χ4v) is 18.2. The van der Waals surface area contributed by atoms with Gasteiger partial charge in [0.2, 0.25) is 35.4 Å². The first kappa shape index (κ1) is 115. The summed E-state index contributed by atoms with van der Waals surface area (Å²) in [6.07, 6.45) is -110. The van der Waals surface area contributed by atoms with E-state index in [1.54, 1.807) is 0 Å². The SMILES string of the molecule is CC(=O)N[C@@H]1[C@H](O[C@H]2[C@H](O[C@H]3O[C@H](CO)[C@@H](O[C@@H]4O[C@H](CO)[C@@H](O[C@@H]5O[C@H](CO)[C@H](O)[C@H](O)[C@H]5O)[C@H](O)[C@H]4NC(C)=O)[C@H](O)[C@@H]3O[C@@H]3O[C@H](CO)[C@@H](O[C@@H]4O[C@H](CO)[C@H](O)[C@H](O)[C@H]4O)[C@H](O)[C@H]3NC(C)=O)[C@H](O)[C@H](O[C@H]3[C@H](O)[C@@H](NC(C)=O)[C@H](O[C@H]4[C@H](O)[C@@H](NC(C)=O)C(O)O[C@@H]4CO)O[C@@H]3CO)O[C@@H]2CO[C@H]2O[C@H](CO)[C@@H](O)[C@H](O)[C@@H]2O[C@@H]2O[C@H](CO)[C@@H](O)[C@H](O)[C@H]2NC(C)=O)O[C@H](CO)[C@@H](O)[C@@H]1O. The van der Waals surface area contributed by atoms with Crippen LogP contribution in [0.25, 0.3) is 0 Å². The van der Waals surface area contributed by atoms with Crippen LogP contribution in [0.2, 0.25) is 0 Å². The number of amides is 6. The molecule has 55 atom stereocenters. The minimum absolute atomic E-state index is 0.846. The summed E-state index contributed by atoms with van der Waals surface area (Å²) < 4.78 is 129. The Hall–Kier alpha value is -5.18. The minimum atomic E-state index is -2.90. The average molecular weight is 2050 g/mol. The molecule has 11 fully saturated rings. The molecule has 0 aliphatic carbocycles. The summed E-state index contributed by atoms with van der Waals surface area (Å²) >= 11 is 0. The molecule has 11 saturated heterocycles. The first-order valence-electron chi connectivity index (χ1n) is 44.6. The first-order chi connectivity index (χ1) is 66.3. The third-order valence-electron chi connectivity index (χ3n) is 25.4. The summed E-state index contributed by atoms with van der Waals surface area (Å²) in [4.78, 5) is 78.9. The number of carbonyl (C=O) groups is 6. The quantitative estimate of drug-likeness (QED) is 0.0275. The van der Waals surface area contributed by atoms with Crippen molar-refractivity contribution in [3.63, 3.8) is 0 Å². The van der Waals surface area contributed by atoms with Crippen LogP contribution in [0.3, 0.4) is 0 Å². The van der Waals surface area contributed by atoms with Crippen molar-refractivity contribution in [2.24, 2.45) is 0 Å². The van der Waals surface area contributed by atoms with Gasteiger partial charge in [0.25, 0.3) is 0 Å². The van der Waals surface area contributed by atoms with Gasteiger partial charge in [-0.25, -0.2) is 0 Å². The lowest BCUT2D eigenvalue weighted by Gasteiger charge is -2.53. The predicted octanol–water partition coefficient (Wildman–Crippen LogP) is -24.1. The van der Waals surface area contributed by atoms with Gasteiger partial charge in [0.05, 0.1) is 72.7 Å². The van der Waals surface area contributed by atoms with Gasteiger partial charge in [-0.2, -0.15) is 0 Å². The van der Waals surface area contributed by atoms with E-state index in [2.05, 4.69) is 31.9 Å². The Morgan fingerprint density at radius 2 is 0.400 bits per heavy atom. The third-order valence-corrected chi connectivity index (χ3v) is 25.4. The molecule has 11 aliphatic heterocycles. The topological polar surface area (TPSA) is 955 Å². The van der Waals surface area contributed by atoms with Crippen LogP contribution in [0.5, 0.6) is 0 Å². The number of aliphatic hydroxyl groups is 29. The van der Waals surface area contributed by atoms with Gasteiger partial charge in [-0.05, 0) is 0 Å². The number of hydrogen-bond acceptors (Lipinski definition) is 56. The number of rotatable bonds is 37. The molecule has 0 radical (unpaired) electrons. The second-order valence-electron chi connectivity index (χ2n) is 35.2. The third kappa shape index (κ3) is 25.7. The molecule has 0 spiro atoms. The predicted molar refractivity (Wildman–Crippen MR) is 432 cm³/mol. The summed E-state index contributed by atoms with van der Waals surface area (Å²) in [6, 6.07) is -12.2. The van der Waals surface area contributed by atoms with Crippen molar-refractivity contribution in [1.29, 1.82) is 0 Å². The lowest BCUT2D eigenvalue weighted by atomic mass is 9.93. The Morgan fingerprint density at radius 3 is 0.729 bits per heavy atom. The zero-order valence-corrected chi connectivity index (χ0v) is 75.5. The Balaban J connectivity index is 1.08. The highest BCUT2D eigenvalue weighted by Gasteiger charge is 2.64. The summed E-state index contributed by atoms with van der Waals surface area (Å²) in [5.74, 6) is -6.03.